The fourth-order valence-electron chi connectivity index (χ4n) is 2.79. The number of ether oxygens (including phenoxy) is 1. The number of amides is 2. The normalized spacial score (nSPS) is 16.5. The molecular weight excluding hydrogens is 308 g/mol. The zero-order valence-corrected chi connectivity index (χ0v) is 13.9. The van der Waals surface area contributed by atoms with E-state index < -0.39 is 6.10 Å². The van der Waals surface area contributed by atoms with Crippen molar-refractivity contribution in [3.63, 3.8) is 0 Å². The van der Waals surface area contributed by atoms with Gasteiger partial charge in [-0.25, -0.2) is 0 Å². The first-order valence-corrected chi connectivity index (χ1v) is 7.89. The average Bonchev–Trinajstić information content (AvgIpc) is 3.09. The summed E-state index contributed by atoms with van der Waals surface area (Å²) in [5, 5.41) is 2.56. The lowest BCUT2D eigenvalue weighted by atomic mass is 10.0. The molecule has 1 aliphatic heterocycles. The highest BCUT2D eigenvalue weighted by atomic mass is 16.5. The van der Waals surface area contributed by atoms with E-state index in [1.54, 1.807) is 36.2 Å². The number of likely N-dealkylation sites (N-methyl/N-ethyl adjacent to an activating group) is 1. The number of furan rings is 1. The number of anilines is 1. The molecule has 0 bridgehead atoms. The minimum absolute atomic E-state index is 0.133. The van der Waals surface area contributed by atoms with Crippen molar-refractivity contribution in [2.75, 3.05) is 18.5 Å². The molecule has 0 spiro atoms. The third-order valence-corrected chi connectivity index (χ3v) is 4.07. The molecule has 0 saturated heterocycles. The van der Waals surface area contributed by atoms with E-state index in [-0.39, 0.29) is 24.3 Å². The molecule has 6 heteroatoms. The molecule has 0 saturated carbocycles. The minimum Gasteiger partial charge on any atom is -0.477 e. The van der Waals surface area contributed by atoms with Crippen molar-refractivity contribution < 1.29 is 18.7 Å². The highest BCUT2D eigenvalue weighted by Crippen LogP contribution is 2.35. The van der Waals surface area contributed by atoms with Crippen LogP contribution in [0.2, 0.25) is 0 Å². The summed E-state index contributed by atoms with van der Waals surface area (Å²) in [5.41, 5.74) is 1.48. The van der Waals surface area contributed by atoms with Gasteiger partial charge in [-0.2, -0.15) is 0 Å². The monoisotopic (exact) mass is 328 g/mol. The molecule has 0 radical (unpaired) electrons. The third kappa shape index (κ3) is 2.75. The Morgan fingerprint density at radius 1 is 1.25 bits per heavy atom. The number of carbonyl (C=O) groups is 2. The van der Waals surface area contributed by atoms with Crippen LogP contribution in [0.4, 0.5) is 5.69 Å². The Hall–Kier alpha value is -2.76. The van der Waals surface area contributed by atoms with E-state index in [4.69, 9.17) is 9.15 Å². The number of para-hydroxylation sites is 2. The zero-order chi connectivity index (χ0) is 17.3. The fraction of sp³-hybridized carbons (Fsp3) is 0.333. The van der Waals surface area contributed by atoms with Crippen molar-refractivity contribution in [2.24, 2.45) is 0 Å². The lowest BCUT2D eigenvalue weighted by molar-refractivity contribution is -0.127. The summed E-state index contributed by atoms with van der Waals surface area (Å²) in [6.07, 6.45) is 0.761. The lowest BCUT2D eigenvalue weighted by Crippen LogP contribution is -2.50. The Labute approximate surface area is 140 Å². The van der Waals surface area contributed by atoms with Gasteiger partial charge in [-0.1, -0.05) is 26.0 Å². The molecule has 1 aromatic heterocycles. The van der Waals surface area contributed by atoms with Gasteiger partial charge in [0.15, 0.2) is 11.9 Å². The van der Waals surface area contributed by atoms with Crippen LogP contribution in [0.25, 0.3) is 0 Å². The second kappa shape index (κ2) is 6.39. The molecule has 6 nitrogen and oxygen atoms in total. The highest BCUT2D eigenvalue weighted by Gasteiger charge is 2.35. The Bertz CT molecular complexity index is 766. The van der Waals surface area contributed by atoms with Crippen molar-refractivity contribution in [1.82, 2.24) is 5.32 Å². The van der Waals surface area contributed by atoms with Crippen LogP contribution < -0.4 is 15.0 Å². The highest BCUT2D eigenvalue weighted by molar-refractivity contribution is 6.07. The van der Waals surface area contributed by atoms with E-state index in [1.165, 1.54) is 6.26 Å². The molecule has 1 unspecified atom stereocenters. The fourth-order valence-corrected chi connectivity index (χ4v) is 2.79. The number of nitrogens with one attached hydrogen (secondary N) is 1. The molecule has 0 aliphatic carbocycles. The smallest absolute Gasteiger partial charge is 0.294 e. The number of hydrogen-bond acceptors (Lipinski definition) is 4. The van der Waals surface area contributed by atoms with E-state index in [2.05, 4.69) is 5.32 Å². The van der Waals surface area contributed by atoms with Crippen LogP contribution in [-0.2, 0) is 4.79 Å². The molecule has 24 heavy (non-hydrogen) atoms. The molecule has 1 aliphatic rings. The van der Waals surface area contributed by atoms with Crippen LogP contribution in [0.1, 0.15) is 35.9 Å². The summed E-state index contributed by atoms with van der Waals surface area (Å²) in [5.74, 6) is 0.425. The number of hydrogen-bond donors (Lipinski definition) is 1. The van der Waals surface area contributed by atoms with Crippen LogP contribution in [0.3, 0.4) is 0 Å². The molecule has 2 aromatic rings. The van der Waals surface area contributed by atoms with Crippen LogP contribution in [0, 0.1) is 0 Å². The molecule has 2 heterocycles. The minimum atomic E-state index is -0.758. The summed E-state index contributed by atoms with van der Waals surface area (Å²) >= 11 is 0. The van der Waals surface area contributed by atoms with Crippen molar-refractivity contribution >= 4 is 17.5 Å². The number of fused-ring (bicyclic) bond motifs is 1. The van der Waals surface area contributed by atoms with Gasteiger partial charge in [0, 0.05) is 12.6 Å². The lowest BCUT2D eigenvalue weighted by Gasteiger charge is -2.33. The molecule has 0 fully saturated rings. The van der Waals surface area contributed by atoms with E-state index in [0.717, 1.165) is 5.56 Å². The summed E-state index contributed by atoms with van der Waals surface area (Å²) in [6, 6.07) is 8.98. The first kappa shape index (κ1) is 16.1. The summed E-state index contributed by atoms with van der Waals surface area (Å²) in [7, 11) is 1.54. The number of rotatable bonds is 3. The molecule has 2 amide bonds. The predicted octanol–water partition coefficient (Wildman–Crippen LogP) is 2.56. The Morgan fingerprint density at radius 3 is 2.71 bits per heavy atom. The molecule has 1 atom stereocenters. The first-order chi connectivity index (χ1) is 11.5. The second-order valence-corrected chi connectivity index (χ2v) is 5.96. The number of carbonyl (C=O) groups excluding carboxylic acids is 2. The van der Waals surface area contributed by atoms with Gasteiger partial charge >= 0.3 is 0 Å². The quantitative estimate of drug-likeness (QED) is 0.940. The maximum absolute atomic E-state index is 13.1. The van der Waals surface area contributed by atoms with Crippen LogP contribution >= 0.6 is 0 Å². The standard InChI is InChI=1S/C18H20N2O4/c1-11(2)12-8-9-23-16(12)18(22)20-10-15(17(21)19-3)24-14-7-5-4-6-13(14)20/h4-9,11,15H,10H2,1-3H3,(H,19,21). The summed E-state index contributed by atoms with van der Waals surface area (Å²) in [6.45, 7) is 4.14. The van der Waals surface area contributed by atoms with Gasteiger partial charge in [0.25, 0.3) is 11.8 Å². The van der Waals surface area contributed by atoms with Gasteiger partial charge < -0.3 is 14.5 Å². The van der Waals surface area contributed by atoms with E-state index in [9.17, 15) is 9.59 Å². The number of nitrogens with zero attached hydrogens (tertiary/aromatic N) is 1. The second-order valence-electron chi connectivity index (χ2n) is 5.96. The maximum Gasteiger partial charge on any atom is 0.294 e. The molecule has 1 aromatic carbocycles. The van der Waals surface area contributed by atoms with E-state index in [1.807, 2.05) is 19.9 Å². The van der Waals surface area contributed by atoms with Crippen molar-refractivity contribution in [1.29, 1.82) is 0 Å². The summed E-state index contributed by atoms with van der Waals surface area (Å²) in [4.78, 5) is 26.6. The molecule has 3 rings (SSSR count). The SMILES string of the molecule is CNC(=O)C1CN(C(=O)c2occc2C(C)C)c2ccccc2O1. The van der Waals surface area contributed by atoms with Crippen molar-refractivity contribution in [3.8, 4) is 5.75 Å². The topological polar surface area (TPSA) is 71.8 Å². The average molecular weight is 328 g/mol. The molecule has 1 N–H and O–H groups in total. The van der Waals surface area contributed by atoms with Gasteiger partial charge in [0.1, 0.15) is 5.75 Å². The first-order valence-electron chi connectivity index (χ1n) is 7.89. The Balaban J connectivity index is 2.00. The van der Waals surface area contributed by atoms with Gasteiger partial charge in [0.05, 0.1) is 18.5 Å². The van der Waals surface area contributed by atoms with Crippen LogP contribution in [0.15, 0.2) is 41.0 Å². The van der Waals surface area contributed by atoms with E-state index >= 15 is 0 Å². The van der Waals surface area contributed by atoms with Gasteiger partial charge in [-0.05, 0) is 24.1 Å². The van der Waals surface area contributed by atoms with Crippen molar-refractivity contribution in [3.05, 3.63) is 47.9 Å². The third-order valence-electron chi connectivity index (χ3n) is 4.07. The van der Waals surface area contributed by atoms with Crippen LogP contribution in [0.5, 0.6) is 5.75 Å². The maximum atomic E-state index is 13.1. The van der Waals surface area contributed by atoms with Gasteiger partial charge in [0.2, 0.25) is 0 Å². The molecule has 126 valence electrons. The van der Waals surface area contributed by atoms with Crippen LogP contribution in [-0.4, -0.2) is 31.5 Å². The van der Waals surface area contributed by atoms with Gasteiger partial charge in [-0.3, -0.25) is 14.5 Å². The Morgan fingerprint density at radius 2 is 2.00 bits per heavy atom. The Kier molecular flexibility index (Phi) is 4.29. The predicted molar refractivity (Wildman–Crippen MR) is 89.4 cm³/mol. The summed E-state index contributed by atoms with van der Waals surface area (Å²) < 4.78 is 11.2. The van der Waals surface area contributed by atoms with Crippen molar-refractivity contribution in [2.45, 2.75) is 25.9 Å². The van der Waals surface area contributed by atoms with E-state index in [0.29, 0.717) is 17.2 Å². The largest absolute Gasteiger partial charge is 0.477 e. The number of benzene rings is 1. The van der Waals surface area contributed by atoms with Gasteiger partial charge in [-0.15, -0.1) is 0 Å². The zero-order valence-electron chi connectivity index (χ0n) is 13.9. The molecular formula is C18H20N2O4.